The summed E-state index contributed by atoms with van der Waals surface area (Å²) in [4.78, 5) is 13.8. The van der Waals surface area contributed by atoms with Crippen LogP contribution in [0.4, 0.5) is 4.79 Å². The molecule has 0 saturated carbocycles. The molecule has 1 aliphatic heterocycles. The van der Waals surface area contributed by atoms with E-state index in [0.29, 0.717) is 6.61 Å². The van der Waals surface area contributed by atoms with E-state index in [9.17, 15) is 4.79 Å². The molecular formula is C13H25NO3. The summed E-state index contributed by atoms with van der Waals surface area (Å²) in [5, 5.41) is 0. The molecular weight excluding hydrogens is 218 g/mol. The molecule has 1 heterocycles. The van der Waals surface area contributed by atoms with Crippen LogP contribution in [-0.2, 0) is 9.47 Å². The van der Waals surface area contributed by atoms with Crippen LogP contribution in [0.2, 0.25) is 0 Å². The van der Waals surface area contributed by atoms with Gasteiger partial charge in [-0.3, -0.25) is 0 Å². The molecule has 1 aliphatic rings. The molecule has 17 heavy (non-hydrogen) atoms. The van der Waals surface area contributed by atoms with Crippen LogP contribution in [0.5, 0.6) is 0 Å². The quantitative estimate of drug-likeness (QED) is 0.748. The number of ether oxygens (including phenoxy) is 2. The van der Waals surface area contributed by atoms with E-state index < -0.39 is 5.60 Å². The molecule has 1 amide bonds. The molecule has 0 aromatic carbocycles. The van der Waals surface area contributed by atoms with Gasteiger partial charge in [0.1, 0.15) is 5.60 Å². The van der Waals surface area contributed by atoms with Crippen molar-refractivity contribution in [2.45, 2.75) is 46.1 Å². The van der Waals surface area contributed by atoms with Crippen molar-refractivity contribution in [1.82, 2.24) is 4.90 Å². The van der Waals surface area contributed by atoms with Crippen molar-refractivity contribution in [3.8, 4) is 0 Å². The van der Waals surface area contributed by atoms with Crippen LogP contribution in [0.3, 0.4) is 0 Å². The van der Waals surface area contributed by atoms with Crippen LogP contribution >= 0.6 is 0 Å². The standard InChI is InChI=1S/C13H25NO3/c1-12(2,3)17-11(15)14-8-6-7-13(4,9-14)10-16-5/h6-10H2,1-5H3. The van der Waals surface area contributed by atoms with Gasteiger partial charge in [-0.25, -0.2) is 4.79 Å². The fourth-order valence-corrected chi connectivity index (χ4v) is 2.26. The second kappa shape index (κ2) is 5.25. The molecule has 1 atom stereocenters. The number of methoxy groups -OCH3 is 1. The Morgan fingerprint density at radius 1 is 1.41 bits per heavy atom. The van der Waals surface area contributed by atoms with Crippen LogP contribution < -0.4 is 0 Å². The maximum absolute atomic E-state index is 12.0. The summed E-state index contributed by atoms with van der Waals surface area (Å²) in [5.74, 6) is 0. The fraction of sp³-hybridized carbons (Fsp3) is 0.923. The van der Waals surface area contributed by atoms with Crippen LogP contribution in [0.15, 0.2) is 0 Å². The predicted octanol–water partition coefficient (Wildman–Crippen LogP) is 2.67. The second-order valence-electron chi connectivity index (χ2n) is 6.25. The van der Waals surface area contributed by atoms with Crippen molar-refractivity contribution >= 4 is 6.09 Å². The van der Waals surface area contributed by atoms with Gasteiger partial charge in [0, 0.05) is 25.6 Å². The number of hydrogen-bond acceptors (Lipinski definition) is 3. The van der Waals surface area contributed by atoms with E-state index in [1.807, 2.05) is 20.8 Å². The Morgan fingerprint density at radius 2 is 2.06 bits per heavy atom. The lowest BCUT2D eigenvalue weighted by Crippen LogP contribution is -2.48. The summed E-state index contributed by atoms with van der Waals surface area (Å²) in [6, 6.07) is 0. The van der Waals surface area contributed by atoms with Crippen LogP contribution in [0, 0.1) is 5.41 Å². The first-order valence-corrected chi connectivity index (χ1v) is 6.23. The van der Waals surface area contributed by atoms with Crippen molar-refractivity contribution in [2.75, 3.05) is 26.8 Å². The molecule has 0 aromatic rings. The van der Waals surface area contributed by atoms with Crippen molar-refractivity contribution < 1.29 is 14.3 Å². The monoisotopic (exact) mass is 243 g/mol. The second-order valence-corrected chi connectivity index (χ2v) is 6.25. The average molecular weight is 243 g/mol. The fourth-order valence-electron chi connectivity index (χ4n) is 2.26. The van der Waals surface area contributed by atoms with Gasteiger partial charge in [-0.2, -0.15) is 0 Å². The van der Waals surface area contributed by atoms with E-state index in [1.54, 1.807) is 12.0 Å². The van der Waals surface area contributed by atoms with Crippen molar-refractivity contribution in [2.24, 2.45) is 5.41 Å². The third-order valence-corrected chi connectivity index (χ3v) is 2.93. The summed E-state index contributed by atoms with van der Waals surface area (Å²) < 4.78 is 10.6. The van der Waals surface area contributed by atoms with Crippen LogP contribution in [0.25, 0.3) is 0 Å². The minimum absolute atomic E-state index is 0.0594. The normalized spacial score (nSPS) is 25.8. The van der Waals surface area contributed by atoms with E-state index in [0.717, 1.165) is 25.9 Å². The summed E-state index contributed by atoms with van der Waals surface area (Å²) >= 11 is 0. The Labute approximate surface area is 104 Å². The number of likely N-dealkylation sites (tertiary alicyclic amines) is 1. The van der Waals surface area contributed by atoms with E-state index in [4.69, 9.17) is 9.47 Å². The third kappa shape index (κ3) is 4.54. The number of amides is 1. The molecule has 1 unspecified atom stereocenters. The van der Waals surface area contributed by atoms with Gasteiger partial charge < -0.3 is 14.4 Å². The number of carbonyl (C=O) groups is 1. The van der Waals surface area contributed by atoms with Crippen molar-refractivity contribution in [3.63, 3.8) is 0 Å². The van der Waals surface area contributed by atoms with Crippen LogP contribution in [0.1, 0.15) is 40.5 Å². The number of hydrogen-bond donors (Lipinski definition) is 0. The number of rotatable bonds is 2. The van der Waals surface area contributed by atoms with Gasteiger partial charge >= 0.3 is 6.09 Å². The smallest absolute Gasteiger partial charge is 0.410 e. The lowest BCUT2D eigenvalue weighted by atomic mass is 9.83. The molecule has 0 aromatic heterocycles. The highest BCUT2D eigenvalue weighted by atomic mass is 16.6. The van der Waals surface area contributed by atoms with Gasteiger partial charge in [0.15, 0.2) is 0 Å². The minimum Gasteiger partial charge on any atom is -0.444 e. The highest BCUT2D eigenvalue weighted by Gasteiger charge is 2.34. The lowest BCUT2D eigenvalue weighted by molar-refractivity contribution is -0.00976. The Balaban J connectivity index is 2.57. The molecule has 4 nitrogen and oxygen atoms in total. The van der Waals surface area contributed by atoms with E-state index >= 15 is 0 Å². The first kappa shape index (κ1) is 14.3. The molecule has 0 bridgehead atoms. The van der Waals surface area contributed by atoms with Gasteiger partial charge in [-0.15, -0.1) is 0 Å². The average Bonchev–Trinajstić information content (AvgIpc) is 2.14. The van der Waals surface area contributed by atoms with E-state index in [2.05, 4.69) is 6.92 Å². The van der Waals surface area contributed by atoms with Gasteiger partial charge in [-0.05, 0) is 33.6 Å². The molecule has 0 N–H and O–H groups in total. The number of piperidine rings is 1. The van der Waals surface area contributed by atoms with E-state index in [1.165, 1.54) is 0 Å². The van der Waals surface area contributed by atoms with Gasteiger partial charge in [0.05, 0.1) is 6.61 Å². The van der Waals surface area contributed by atoms with Gasteiger partial charge in [0.2, 0.25) is 0 Å². The predicted molar refractivity (Wildman–Crippen MR) is 67.0 cm³/mol. The van der Waals surface area contributed by atoms with Crippen molar-refractivity contribution in [1.29, 1.82) is 0 Å². The zero-order chi connectivity index (χ0) is 13.1. The van der Waals surface area contributed by atoms with Gasteiger partial charge in [-0.1, -0.05) is 6.92 Å². The molecule has 0 aliphatic carbocycles. The molecule has 0 spiro atoms. The Kier molecular flexibility index (Phi) is 4.42. The Morgan fingerprint density at radius 3 is 2.59 bits per heavy atom. The van der Waals surface area contributed by atoms with Gasteiger partial charge in [0.25, 0.3) is 0 Å². The summed E-state index contributed by atoms with van der Waals surface area (Å²) in [6.07, 6.45) is 1.90. The number of carbonyl (C=O) groups excluding carboxylic acids is 1. The van der Waals surface area contributed by atoms with E-state index in [-0.39, 0.29) is 11.5 Å². The first-order valence-electron chi connectivity index (χ1n) is 6.23. The lowest BCUT2D eigenvalue weighted by Gasteiger charge is -2.40. The maximum Gasteiger partial charge on any atom is 0.410 e. The molecule has 1 rings (SSSR count). The molecule has 1 saturated heterocycles. The maximum atomic E-state index is 12.0. The molecule has 0 radical (unpaired) electrons. The summed E-state index contributed by atoms with van der Waals surface area (Å²) in [5.41, 5.74) is -0.365. The molecule has 100 valence electrons. The Hall–Kier alpha value is -0.770. The highest BCUT2D eigenvalue weighted by Crippen LogP contribution is 2.30. The van der Waals surface area contributed by atoms with Crippen LogP contribution in [-0.4, -0.2) is 43.4 Å². The Bertz CT molecular complexity index is 268. The van der Waals surface area contributed by atoms with Crippen molar-refractivity contribution in [3.05, 3.63) is 0 Å². The molecule has 1 fully saturated rings. The first-order chi connectivity index (χ1) is 7.76. The minimum atomic E-state index is -0.424. The third-order valence-electron chi connectivity index (χ3n) is 2.93. The molecule has 4 heteroatoms. The largest absolute Gasteiger partial charge is 0.444 e. The zero-order valence-electron chi connectivity index (χ0n) is 11.7. The highest BCUT2D eigenvalue weighted by molar-refractivity contribution is 5.68. The SMILES string of the molecule is COCC1(C)CCCN(C(=O)OC(C)(C)C)C1. The zero-order valence-corrected chi connectivity index (χ0v) is 11.7. The number of nitrogens with zero attached hydrogens (tertiary/aromatic N) is 1. The summed E-state index contributed by atoms with van der Waals surface area (Å²) in [6.45, 7) is 10.0. The summed E-state index contributed by atoms with van der Waals surface area (Å²) in [7, 11) is 1.71. The topological polar surface area (TPSA) is 38.8 Å².